The van der Waals surface area contributed by atoms with Crippen molar-refractivity contribution in [2.24, 2.45) is 0 Å². The monoisotopic (exact) mass is 373 g/mol. The van der Waals surface area contributed by atoms with Gasteiger partial charge in [0.2, 0.25) is 0 Å². The predicted octanol–water partition coefficient (Wildman–Crippen LogP) is 4.00. The van der Waals surface area contributed by atoms with E-state index in [1.807, 2.05) is 12.1 Å². The van der Waals surface area contributed by atoms with Gasteiger partial charge in [-0.1, -0.05) is 24.3 Å². The van der Waals surface area contributed by atoms with Gasteiger partial charge in [-0.3, -0.25) is 9.59 Å². The number of aromatic amines is 1. The molecule has 0 bridgehead atoms. The lowest BCUT2D eigenvalue weighted by atomic mass is 9.91. The summed E-state index contributed by atoms with van der Waals surface area (Å²) < 4.78 is 0. The molecule has 0 radical (unpaired) electrons. The number of aromatic nitrogens is 2. The molecule has 0 spiro atoms. The number of carbonyl (C=O) groups is 1. The Bertz CT molecular complexity index is 1260. The summed E-state index contributed by atoms with van der Waals surface area (Å²) in [7, 11) is 0. The Morgan fingerprint density at radius 2 is 1.93 bits per heavy atom. The van der Waals surface area contributed by atoms with Gasteiger partial charge >= 0.3 is 0 Å². The fourth-order valence-electron chi connectivity index (χ4n) is 3.52. The van der Waals surface area contributed by atoms with Crippen molar-refractivity contribution < 1.29 is 4.79 Å². The number of H-pyrrole nitrogens is 1. The Balaban J connectivity index is 1.47. The molecule has 1 aliphatic rings. The Hall–Kier alpha value is -3.25. The van der Waals surface area contributed by atoms with E-state index in [1.165, 1.54) is 39.2 Å². The first-order chi connectivity index (χ1) is 13.2. The van der Waals surface area contributed by atoms with Crippen molar-refractivity contribution in [1.29, 1.82) is 0 Å². The summed E-state index contributed by atoms with van der Waals surface area (Å²) in [5.74, 6) is -0.161. The lowest BCUT2D eigenvalue weighted by Gasteiger charge is -2.15. The molecule has 2 heterocycles. The molecule has 0 saturated carbocycles. The van der Waals surface area contributed by atoms with E-state index in [1.54, 1.807) is 18.2 Å². The number of hydrogen-bond donors (Lipinski definition) is 2. The average molecular weight is 373 g/mol. The van der Waals surface area contributed by atoms with Crippen LogP contribution in [0, 0.1) is 0 Å². The maximum absolute atomic E-state index is 12.8. The second-order valence-electron chi connectivity index (χ2n) is 6.54. The molecule has 1 aliphatic carbocycles. The van der Waals surface area contributed by atoms with E-state index in [9.17, 15) is 9.59 Å². The molecule has 5 rings (SSSR count). The highest BCUT2D eigenvalue weighted by Gasteiger charge is 2.21. The zero-order chi connectivity index (χ0) is 18.4. The van der Waals surface area contributed by atoms with Crippen LogP contribution >= 0.6 is 11.3 Å². The van der Waals surface area contributed by atoms with Crippen molar-refractivity contribution in [1.82, 2.24) is 9.97 Å². The number of nitrogens with one attached hydrogen (secondary N) is 2. The van der Waals surface area contributed by atoms with Gasteiger partial charge in [0.25, 0.3) is 11.5 Å². The molecule has 6 heteroatoms. The van der Waals surface area contributed by atoms with Gasteiger partial charge in [-0.25, -0.2) is 4.98 Å². The fraction of sp³-hybridized carbons (Fsp3) is 0.0952. The van der Waals surface area contributed by atoms with Crippen molar-refractivity contribution in [3.63, 3.8) is 0 Å². The van der Waals surface area contributed by atoms with Crippen LogP contribution in [0.4, 0.5) is 5.69 Å². The van der Waals surface area contributed by atoms with Crippen LogP contribution in [-0.4, -0.2) is 15.9 Å². The van der Waals surface area contributed by atoms with Gasteiger partial charge in [0.15, 0.2) is 0 Å². The minimum absolute atomic E-state index is 0.161. The molecule has 0 atom stereocenters. The molecule has 5 nitrogen and oxygen atoms in total. The van der Waals surface area contributed by atoms with E-state index < -0.39 is 0 Å². The van der Waals surface area contributed by atoms with Crippen LogP contribution in [0.1, 0.15) is 20.8 Å². The summed E-state index contributed by atoms with van der Waals surface area (Å²) in [5.41, 5.74) is 4.74. The highest BCUT2D eigenvalue weighted by atomic mass is 32.1. The van der Waals surface area contributed by atoms with Gasteiger partial charge in [0, 0.05) is 10.6 Å². The third-order valence-corrected chi connectivity index (χ3v) is 6.07. The van der Waals surface area contributed by atoms with Crippen LogP contribution in [0.15, 0.2) is 59.7 Å². The van der Waals surface area contributed by atoms with Gasteiger partial charge in [-0.05, 0) is 53.8 Å². The third-order valence-electron chi connectivity index (χ3n) is 4.86. The Morgan fingerprint density at radius 3 is 2.85 bits per heavy atom. The Labute approximate surface area is 158 Å². The normalized spacial score (nSPS) is 12.4. The Kier molecular flexibility index (Phi) is 3.65. The molecule has 2 aromatic heterocycles. The number of carbonyl (C=O) groups excluding carboxylic acids is 1. The standard InChI is InChI=1S/C21H15N3O2S/c25-20-16-10-14(7-8-17(16)22-11-23-20)24-21(26)18-9-13-6-5-12-3-1-2-4-15(12)19(13)27-18/h1-4,7-11H,5-6H2,(H,24,26)(H,22,23,25). The molecular formula is C21H15N3O2S. The molecule has 1 amide bonds. The first-order valence-corrected chi connectivity index (χ1v) is 9.50. The number of fused-ring (bicyclic) bond motifs is 4. The minimum atomic E-state index is -0.223. The molecule has 2 N–H and O–H groups in total. The van der Waals surface area contributed by atoms with Crippen LogP contribution in [0.5, 0.6) is 0 Å². The molecule has 0 aliphatic heterocycles. The summed E-state index contributed by atoms with van der Waals surface area (Å²) in [4.78, 5) is 33.2. The van der Waals surface area contributed by atoms with Gasteiger partial charge in [0.05, 0.1) is 22.1 Å². The number of anilines is 1. The summed E-state index contributed by atoms with van der Waals surface area (Å²) in [6.07, 6.45) is 3.32. The topological polar surface area (TPSA) is 74.8 Å². The van der Waals surface area contributed by atoms with Crippen LogP contribution in [0.25, 0.3) is 21.3 Å². The number of nitrogens with zero attached hydrogens (tertiary/aromatic N) is 1. The van der Waals surface area contributed by atoms with E-state index >= 15 is 0 Å². The quantitative estimate of drug-likeness (QED) is 0.558. The summed E-state index contributed by atoms with van der Waals surface area (Å²) in [6, 6.07) is 15.5. The van der Waals surface area contributed by atoms with Crippen LogP contribution in [0.3, 0.4) is 0 Å². The molecule has 0 fully saturated rings. The zero-order valence-corrected chi connectivity index (χ0v) is 15.1. The fourth-order valence-corrected chi connectivity index (χ4v) is 4.69. The summed E-state index contributed by atoms with van der Waals surface area (Å²) >= 11 is 1.52. The van der Waals surface area contributed by atoms with Gasteiger partial charge in [-0.15, -0.1) is 11.3 Å². The number of amides is 1. The van der Waals surface area contributed by atoms with Crippen molar-refractivity contribution in [2.75, 3.05) is 5.32 Å². The molecule has 27 heavy (non-hydrogen) atoms. The van der Waals surface area contributed by atoms with Gasteiger partial charge < -0.3 is 10.3 Å². The highest BCUT2D eigenvalue weighted by molar-refractivity contribution is 7.17. The largest absolute Gasteiger partial charge is 0.321 e. The van der Waals surface area contributed by atoms with Crippen LogP contribution in [-0.2, 0) is 12.8 Å². The SMILES string of the molecule is O=C(Nc1ccc2nc[nH]c(=O)c2c1)c1cc2c(s1)-c1ccccc1CC2. The number of thiophene rings is 1. The van der Waals surface area contributed by atoms with Crippen molar-refractivity contribution in [3.05, 3.63) is 81.2 Å². The highest BCUT2D eigenvalue weighted by Crippen LogP contribution is 2.39. The lowest BCUT2D eigenvalue weighted by Crippen LogP contribution is -2.11. The van der Waals surface area contributed by atoms with E-state index in [4.69, 9.17) is 0 Å². The first-order valence-electron chi connectivity index (χ1n) is 8.69. The van der Waals surface area contributed by atoms with E-state index in [0.29, 0.717) is 21.5 Å². The second kappa shape index (κ2) is 6.17. The smallest absolute Gasteiger partial charge is 0.265 e. The van der Waals surface area contributed by atoms with E-state index in [-0.39, 0.29) is 11.5 Å². The first kappa shape index (κ1) is 16.0. The average Bonchev–Trinajstić information content (AvgIpc) is 3.14. The predicted molar refractivity (Wildman–Crippen MR) is 107 cm³/mol. The molecule has 4 aromatic rings. The number of hydrogen-bond acceptors (Lipinski definition) is 4. The zero-order valence-electron chi connectivity index (χ0n) is 14.3. The van der Waals surface area contributed by atoms with Gasteiger partial charge in [-0.2, -0.15) is 0 Å². The summed E-state index contributed by atoms with van der Waals surface area (Å²) in [6.45, 7) is 0. The minimum Gasteiger partial charge on any atom is -0.321 e. The number of rotatable bonds is 2. The van der Waals surface area contributed by atoms with Crippen LogP contribution < -0.4 is 10.9 Å². The van der Waals surface area contributed by atoms with Crippen molar-refractivity contribution >= 4 is 33.8 Å². The molecule has 132 valence electrons. The summed E-state index contributed by atoms with van der Waals surface area (Å²) in [5, 5.41) is 3.36. The van der Waals surface area contributed by atoms with Crippen molar-refractivity contribution in [3.8, 4) is 10.4 Å². The van der Waals surface area contributed by atoms with Crippen LogP contribution in [0.2, 0.25) is 0 Å². The maximum Gasteiger partial charge on any atom is 0.265 e. The number of benzene rings is 2. The van der Waals surface area contributed by atoms with Crippen molar-refractivity contribution in [2.45, 2.75) is 12.8 Å². The molecular weight excluding hydrogens is 358 g/mol. The van der Waals surface area contributed by atoms with E-state index in [0.717, 1.165) is 12.8 Å². The Morgan fingerprint density at radius 1 is 1.07 bits per heavy atom. The molecule has 0 unspecified atom stereocenters. The molecule has 0 saturated heterocycles. The molecule has 2 aromatic carbocycles. The number of aryl methyl sites for hydroxylation is 2. The third kappa shape index (κ3) is 2.74. The van der Waals surface area contributed by atoms with Gasteiger partial charge in [0.1, 0.15) is 0 Å². The van der Waals surface area contributed by atoms with E-state index in [2.05, 4.69) is 33.5 Å². The maximum atomic E-state index is 12.8. The second-order valence-corrected chi connectivity index (χ2v) is 7.59. The lowest BCUT2D eigenvalue weighted by molar-refractivity contribution is 0.103.